The Morgan fingerprint density at radius 3 is 2.41 bits per heavy atom. The molecule has 2 heterocycles. The van der Waals surface area contributed by atoms with Crippen LogP contribution in [0.5, 0.6) is 5.75 Å². The van der Waals surface area contributed by atoms with Crippen molar-refractivity contribution < 1.29 is 32.3 Å². The topological polar surface area (TPSA) is 79.0 Å². The third-order valence-corrected chi connectivity index (χ3v) is 6.50. The van der Waals surface area contributed by atoms with Crippen LogP contribution in [0.2, 0.25) is 0 Å². The third-order valence-electron chi connectivity index (χ3n) is 6.50. The van der Waals surface area contributed by atoms with E-state index in [2.05, 4.69) is 10.1 Å². The fourth-order valence-electron chi connectivity index (χ4n) is 4.88. The minimum absolute atomic E-state index is 0.0490. The van der Waals surface area contributed by atoms with Gasteiger partial charge < -0.3 is 19.9 Å². The number of benzene rings is 1. The molecule has 10 heteroatoms. The number of nitrogens with one attached hydrogen (secondary N) is 1. The second-order valence-corrected chi connectivity index (χ2v) is 8.67. The van der Waals surface area contributed by atoms with E-state index in [9.17, 15) is 27.6 Å². The van der Waals surface area contributed by atoms with Gasteiger partial charge in [-0.15, -0.1) is 13.2 Å². The number of carbonyl (C=O) groups excluding carboxylic acids is 3. The zero-order valence-electron chi connectivity index (χ0n) is 17.6. The fourth-order valence-corrected chi connectivity index (χ4v) is 4.88. The number of fused-ring (bicyclic) bond motifs is 1. The van der Waals surface area contributed by atoms with E-state index in [4.69, 9.17) is 0 Å². The Hall–Kier alpha value is -2.78. The Morgan fingerprint density at radius 1 is 1.06 bits per heavy atom. The van der Waals surface area contributed by atoms with Crippen LogP contribution in [0, 0.1) is 5.92 Å². The molecule has 4 rings (SSSR count). The van der Waals surface area contributed by atoms with Gasteiger partial charge in [0, 0.05) is 18.7 Å². The lowest BCUT2D eigenvalue weighted by molar-refractivity contribution is -0.274. The van der Waals surface area contributed by atoms with E-state index in [-0.39, 0.29) is 37.0 Å². The summed E-state index contributed by atoms with van der Waals surface area (Å²) in [5.41, 5.74) is 0.186. The molecule has 7 nitrogen and oxygen atoms in total. The van der Waals surface area contributed by atoms with Crippen LogP contribution in [0.1, 0.15) is 48.9 Å². The fraction of sp³-hybridized carbons (Fsp3) is 0.591. The third kappa shape index (κ3) is 4.99. The van der Waals surface area contributed by atoms with Crippen molar-refractivity contribution in [2.45, 2.75) is 57.0 Å². The predicted molar refractivity (Wildman–Crippen MR) is 108 cm³/mol. The number of hydrogen-bond donors (Lipinski definition) is 1. The number of rotatable bonds is 4. The molecule has 0 aromatic heterocycles. The second kappa shape index (κ2) is 8.99. The zero-order chi connectivity index (χ0) is 22.9. The summed E-state index contributed by atoms with van der Waals surface area (Å²) in [7, 11) is 0. The van der Waals surface area contributed by atoms with Gasteiger partial charge in [-0.3, -0.25) is 14.4 Å². The number of amides is 3. The van der Waals surface area contributed by atoms with Gasteiger partial charge in [0.05, 0.1) is 6.54 Å². The van der Waals surface area contributed by atoms with Crippen LogP contribution in [-0.4, -0.2) is 65.6 Å². The lowest BCUT2D eigenvalue weighted by Gasteiger charge is -2.45. The molecule has 2 aliphatic heterocycles. The van der Waals surface area contributed by atoms with E-state index in [1.807, 2.05) is 0 Å². The molecule has 174 valence electrons. The first-order valence-electron chi connectivity index (χ1n) is 11.0. The molecule has 0 spiro atoms. The van der Waals surface area contributed by atoms with Gasteiger partial charge in [0.1, 0.15) is 17.8 Å². The van der Waals surface area contributed by atoms with Gasteiger partial charge >= 0.3 is 6.36 Å². The molecular formula is C22H26F3N3O4. The molecular weight excluding hydrogens is 427 g/mol. The van der Waals surface area contributed by atoms with Crippen molar-refractivity contribution in [3.8, 4) is 5.75 Å². The Morgan fingerprint density at radius 2 is 1.75 bits per heavy atom. The average molecular weight is 453 g/mol. The van der Waals surface area contributed by atoms with Gasteiger partial charge in [0.15, 0.2) is 0 Å². The molecule has 2 atom stereocenters. The highest BCUT2D eigenvalue weighted by Gasteiger charge is 2.44. The highest BCUT2D eigenvalue weighted by molar-refractivity contribution is 5.99. The van der Waals surface area contributed by atoms with Gasteiger partial charge in [0.25, 0.3) is 5.91 Å². The van der Waals surface area contributed by atoms with E-state index >= 15 is 0 Å². The van der Waals surface area contributed by atoms with Crippen LogP contribution in [0.3, 0.4) is 0 Å². The maximum absolute atomic E-state index is 13.0. The van der Waals surface area contributed by atoms with E-state index in [1.54, 1.807) is 4.90 Å². The molecule has 1 aromatic rings. The molecule has 1 aromatic carbocycles. The maximum atomic E-state index is 13.0. The molecule has 0 bridgehead atoms. The second-order valence-electron chi connectivity index (χ2n) is 8.67. The van der Waals surface area contributed by atoms with Crippen molar-refractivity contribution in [2.75, 3.05) is 19.6 Å². The number of ether oxygens (including phenoxy) is 1. The molecule has 1 N–H and O–H groups in total. The molecule has 0 unspecified atom stereocenters. The Kier molecular flexibility index (Phi) is 6.30. The Balaban J connectivity index is 1.38. The monoisotopic (exact) mass is 453 g/mol. The summed E-state index contributed by atoms with van der Waals surface area (Å²) < 4.78 is 40.7. The summed E-state index contributed by atoms with van der Waals surface area (Å²) in [6.07, 6.45) is 1.55. The summed E-state index contributed by atoms with van der Waals surface area (Å²) in [4.78, 5) is 41.6. The molecule has 0 radical (unpaired) electrons. The van der Waals surface area contributed by atoms with Gasteiger partial charge in [-0.25, -0.2) is 0 Å². The SMILES string of the molecule is O=C1N[C@@H](CC2CCCCC2)C(=O)N2CCN(C(=O)c3ccc(OC(F)(F)F)cc3)C[C@H]12. The normalized spacial score (nSPS) is 24.7. The smallest absolute Gasteiger partial charge is 0.406 e. The van der Waals surface area contributed by atoms with Gasteiger partial charge in [0.2, 0.25) is 11.8 Å². The van der Waals surface area contributed by atoms with Crippen molar-refractivity contribution in [3.05, 3.63) is 29.8 Å². The minimum Gasteiger partial charge on any atom is -0.406 e. The quantitative estimate of drug-likeness (QED) is 0.761. The van der Waals surface area contributed by atoms with Crippen LogP contribution < -0.4 is 10.1 Å². The van der Waals surface area contributed by atoms with Crippen molar-refractivity contribution in [1.82, 2.24) is 15.1 Å². The van der Waals surface area contributed by atoms with Gasteiger partial charge in [-0.05, 0) is 36.6 Å². The molecule has 2 saturated heterocycles. The van der Waals surface area contributed by atoms with Crippen molar-refractivity contribution in [3.63, 3.8) is 0 Å². The minimum atomic E-state index is -4.81. The number of hydrogen-bond acceptors (Lipinski definition) is 4. The summed E-state index contributed by atoms with van der Waals surface area (Å²) in [6, 6.07) is 3.39. The summed E-state index contributed by atoms with van der Waals surface area (Å²) in [5, 5.41) is 2.85. The standard InChI is InChI=1S/C22H26F3N3O4/c23-22(24,25)32-16-8-6-15(7-9-16)20(30)27-10-11-28-18(13-27)19(29)26-17(21(28)31)12-14-4-2-1-3-5-14/h6-9,14,17-18H,1-5,10-13H2,(H,26,29)/t17-,18+/m0/s1. The number of halogens is 3. The predicted octanol–water partition coefficient (Wildman–Crippen LogP) is 2.71. The number of piperazine rings is 2. The average Bonchev–Trinajstić information content (AvgIpc) is 2.76. The molecule has 3 amide bonds. The zero-order valence-corrected chi connectivity index (χ0v) is 17.6. The Labute approximate surface area is 183 Å². The maximum Gasteiger partial charge on any atom is 0.573 e. The molecule has 3 aliphatic rings. The van der Waals surface area contributed by atoms with Crippen molar-refractivity contribution in [1.29, 1.82) is 0 Å². The summed E-state index contributed by atoms with van der Waals surface area (Å²) in [5.74, 6) is -0.743. The lowest BCUT2D eigenvalue weighted by atomic mass is 9.84. The number of alkyl halides is 3. The Bertz CT molecular complexity index is 868. The highest BCUT2D eigenvalue weighted by atomic mass is 19.4. The highest BCUT2D eigenvalue weighted by Crippen LogP contribution is 2.29. The molecule has 3 fully saturated rings. The van der Waals surface area contributed by atoms with E-state index in [0.29, 0.717) is 12.3 Å². The largest absolute Gasteiger partial charge is 0.573 e. The lowest BCUT2D eigenvalue weighted by Crippen LogP contribution is -2.69. The van der Waals surface area contributed by atoms with Crippen LogP contribution in [0.25, 0.3) is 0 Å². The van der Waals surface area contributed by atoms with Crippen LogP contribution in [0.15, 0.2) is 24.3 Å². The molecule has 1 aliphatic carbocycles. The number of nitrogens with zero attached hydrogens (tertiary/aromatic N) is 2. The first-order valence-corrected chi connectivity index (χ1v) is 11.0. The van der Waals surface area contributed by atoms with Crippen LogP contribution >= 0.6 is 0 Å². The summed E-state index contributed by atoms with van der Waals surface area (Å²) in [6.45, 7) is 0.553. The van der Waals surface area contributed by atoms with Gasteiger partial charge in [-0.1, -0.05) is 32.1 Å². The molecule has 1 saturated carbocycles. The van der Waals surface area contributed by atoms with E-state index in [0.717, 1.165) is 37.8 Å². The first kappa shape index (κ1) is 22.4. The van der Waals surface area contributed by atoms with Crippen LogP contribution in [0.4, 0.5) is 13.2 Å². The first-order chi connectivity index (χ1) is 15.2. The van der Waals surface area contributed by atoms with E-state index in [1.165, 1.54) is 23.5 Å². The molecule has 32 heavy (non-hydrogen) atoms. The van der Waals surface area contributed by atoms with Gasteiger partial charge in [-0.2, -0.15) is 0 Å². The van der Waals surface area contributed by atoms with Crippen molar-refractivity contribution in [2.24, 2.45) is 5.92 Å². The number of carbonyl (C=O) groups is 3. The summed E-state index contributed by atoms with van der Waals surface area (Å²) >= 11 is 0. The van der Waals surface area contributed by atoms with E-state index < -0.39 is 30.1 Å². The van der Waals surface area contributed by atoms with Crippen LogP contribution in [-0.2, 0) is 9.59 Å². The van der Waals surface area contributed by atoms with Crippen molar-refractivity contribution >= 4 is 17.7 Å².